The van der Waals surface area contributed by atoms with Crippen LogP contribution >= 0.6 is 11.3 Å². The molecule has 0 atom stereocenters. The van der Waals surface area contributed by atoms with Gasteiger partial charge in [-0.25, -0.2) is 0 Å². The molecule has 1 aliphatic heterocycles. The lowest BCUT2D eigenvalue weighted by Crippen LogP contribution is -2.18. The van der Waals surface area contributed by atoms with Gasteiger partial charge in [-0.3, -0.25) is 4.90 Å². The van der Waals surface area contributed by atoms with E-state index in [1.54, 1.807) is 0 Å². The topological polar surface area (TPSA) is 3.24 Å². The summed E-state index contributed by atoms with van der Waals surface area (Å²) in [6.07, 6.45) is 2.75. The van der Waals surface area contributed by atoms with Gasteiger partial charge < -0.3 is 0 Å². The van der Waals surface area contributed by atoms with Crippen molar-refractivity contribution in [1.82, 2.24) is 4.90 Å². The lowest BCUT2D eigenvalue weighted by atomic mass is 10.1. The van der Waals surface area contributed by atoms with Crippen molar-refractivity contribution in [2.75, 3.05) is 13.1 Å². The second kappa shape index (κ2) is 4.19. The van der Waals surface area contributed by atoms with Crippen molar-refractivity contribution in [2.24, 2.45) is 0 Å². The fraction of sp³-hybridized carbons (Fsp3) is 0.429. The standard InChI is InChI=1S/C14H17NS/c1-11-5-4-6-13-14(11)12(10-16-13)9-15-7-2-3-8-15/h4-6,10H,2-3,7-9H2,1H3. The molecule has 0 aliphatic carbocycles. The number of benzene rings is 1. The van der Waals surface area contributed by atoms with Crippen LogP contribution in [0.5, 0.6) is 0 Å². The third-order valence-electron chi connectivity index (χ3n) is 3.48. The molecule has 0 saturated carbocycles. The number of fused-ring (bicyclic) bond motifs is 1. The Morgan fingerprint density at radius 2 is 2.06 bits per heavy atom. The maximum atomic E-state index is 2.58. The van der Waals surface area contributed by atoms with Crippen molar-refractivity contribution in [3.63, 3.8) is 0 Å². The minimum absolute atomic E-state index is 1.14. The van der Waals surface area contributed by atoms with Crippen LogP contribution in [-0.2, 0) is 6.54 Å². The van der Waals surface area contributed by atoms with Gasteiger partial charge in [-0.1, -0.05) is 12.1 Å². The normalized spacial score (nSPS) is 17.3. The summed E-state index contributed by atoms with van der Waals surface area (Å²) in [5.74, 6) is 0. The fourth-order valence-corrected chi connectivity index (χ4v) is 3.67. The third kappa shape index (κ3) is 1.76. The minimum atomic E-state index is 1.14. The van der Waals surface area contributed by atoms with Crippen molar-refractivity contribution in [2.45, 2.75) is 26.3 Å². The molecular weight excluding hydrogens is 214 g/mol. The average Bonchev–Trinajstić information content (AvgIpc) is 2.90. The van der Waals surface area contributed by atoms with E-state index in [-0.39, 0.29) is 0 Å². The van der Waals surface area contributed by atoms with Gasteiger partial charge in [0, 0.05) is 11.2 Å². The monoisotopic (exact) mass is 231 g/mol. The summed E-state index contributed by atoms with van der Waals surface area (Å²) in [6, 6.07) is 6.62. The minimum Gasteiger partial charge on any atom is -0.299 e. The van der Waals surface area contributed by atoms with Gasteiger partial charge in [-0.2, -0.15) is 0 Å². The number of rotatable bonds is 2. The third-order valence-corrected chi connectivity index (χ3v) is 4.47. The Hall–Kier alpha value is -0.860. The van der Waals surface area contributed by atoms with Crippen LogP contribution in [-0.4, -0.2) is 18.0 Å². The van der Waals surface area contributed by atoms with Crippen LogP contribution < -0.4 is 0 Å². The molecule has 1 saturated heterocycles. The second-order valence-electron chi connectivity index (χ2n) is 4.69. The summed E-state index contributed by atoms with van der Waals surface area (Å²) in [7, 11) is 0. The Morgan fingerprint density at radius 1 is 1.25 bits per heavy atom. The van der Waals surface area contributed by atoms with Crippen LogP contribution in [0.3, 0.4) is 0 Å². The van der Waals surface area contributed by atoms with E-state index in [0.29, 0.717) is 0 Å². The molecule has 0 N–H and O–H groups in total. The Bertz CT molecular complexity index is 494. The fourth-order valence-electron chi connectivity index (χ4n) is 2.64. The molecule has 0 bridgehead atoms. The van der Waals surface area contributed by atoms with Crippen LogP contribution in [0.2, 0.25) is 0 Å². The first kappa shape index (κ1) is 10.3. The number of thiophene rings is 1. The number of hydrogen-bond acceptors (Lipinski definition) is 2. The SMILES string of the molecule is Cc1cccc2scc(CN3CCCC3)c12. The zero-order valence-electron chi connectivity index (χ0n) is 9.70. The molecule has 84 valence electrons. The number of likely N-dealkylation sites (tertiary alicyclic amines) is 1. The molecule has 0 amide bonds. The average molecular weight is 231 g/mol. The van der Waals surface area contributed by atoms with Crippen LogP contribution in [0, 0.1) is 6.92 Å². The molecule has 1 aliphatic rings. The highest BCUT2D eigenvalue weighted by Gasteiger charge is 2.14. The van der Waals surface area contributed by atoms with E-state index in [0.717, 1.165) is 6.54 Å². The highest BCUT2D eigenvalue weighted by Crippen LogP contribution is 2.30. The highest BCUT2D eigenvalue weighted by atomic mass is 32.1. The Balaban J connectivity index is 1.97. The largest absolute Gasteiger partial charge is 0.299 e. The highest BCUT2D eigenvalue weighted by molar-refractivity contribution is 7.17. The van der Waals surface area contributed by atoms with Crippen LogP contribution in [0.15, 0.2) is 23.6 Å². The summed E-state index contributed by atoms with van der Waals surface area (Å²) in [6.45, 7) is 5.93. The van der Waals surface area contributed by atoms with Crippen molar-refractivity contribution in [3.8, 4) is 0 Å². The van der Waals surface area contributed by atoms with E-state index in [2.05, 4.69) is 35.4 Å². The molecule has 0 radical (unpaired) electrons. The summed E-state index contributed by atoms with van der Waals surface area (Å²) in [5.41, 5.74) is 2.95. The van der Waals surface area contributed by atoms with Gasteiger partial charge >= 0.3 is 0 Å². The van der Waals surface area contributed by atoms with Crippen molar-refractivity contribution in [3.05, 3.63) is 34.7 Å². The smallest absolute Gasteiger partial charge is 0.0348 e. The number of aryl methyl sites for hydroxylation is 1. The van der Waals surface area contributed by atoms with E-state index in [1.165, 1.54) is 47.1 Å². The maximum absolute atomic E-state index is 2.58. The molecule has 1 nitrogen and oxygen atoms in total. The lowest BCUT2D eigenvalue weighted by molar-refractivity contribution is 0.333. The van der Waals surface area contributed by atoms with Crippen LogP contribution in [0.25, 0.3) is 10.1 Å². The first-order valence-electron chi connectivity index (χ1n) is 6.02. The van der Waals surface area contributed by atoms with E-state index in [4.69, 9.17) is 0 Å². The molecular formula is C14H17NS. The zero-order chi connectivity index (χ0) is 11.0. The van der Waals surface area contributed by atoms with Gasteiger partial charge in [0.05, 0.1) is 0 Å². The van der Waals surface area contributed by atoms with Gasteiger partial charge in [0.25, 0.3) is 0 Å². The molecule has 2 heteroatoms. The van der Waals surface area contributed by atoms with E-state index in [9.17, 15) is 0 Å². The van der Waals surface area contributed by atoms with Crippen LogP contribution in [0.4, 0.5) is 0 Å². The van der Waals surface area contributed by atoms with Crippen molar-refractivity contribution < 1.29 is 0 Å². The molecule has 3 rings (SSSR count). The van der Waals surface area contributed by atoms with Gasteiger partial charge in [0.2, 0.25) is 0 Å². The molecule has 1 fully saturated rings. The summed E-state index contributed by atoms with van der Waals surface area (Å²) < 4.78 is 1.44. The number of hydrogen-bond donors (Lipinski definition) is 0. The Labute approximate surface area is 101 Å². The summed E-state index contributed by atoms with van der Waals surface area (Å²) >= 11 is 1.88. The molecule has 16 heavy (non-hydrogen) atoms. The second-order valence-corrected chi connectivity index (χ2v) is 5.60. The van der Waals surface area contributed by atoms with Crippen molar-refractivity contribution in [1.29, 1.82) is 0 Å². The summed E-state index contributed by atoms with van der Waals surface area (Å²) in [5, 5.41) is 3.84. The Kier molecular flexibility index (Phi) is 2.70. The first-order chi connectivity index (χ1) is 7.84. The van der Waals surface area contributed by atoms with Gasteiger partial charge in [-0.05, 0) is 60.8 Å². The predicted molar refractivity (Wildman–Crippen MR) is 71.1 cm³/mol. The first-order valence-corrected chi connectivity index (χ1v) is 6.90. The predicted octanol–water partition coefficient (Wildman–Crippen LogP) is 3.81. The molecule has 1 aromatic carbocycles. The molecule has 1 aromatic heterocycles. The molecule has 2 heterocycles. The molecule has 0 unspecified atom stereocenters. The molecule has 0 spiro atoms. The quantitative estimate of drug-likeness (QED) is 0.759. The van der Waals surface area contributed by atoms with Crippen LogP contribution in [0.1, 0.15) is 24.0 Å². The van der Waals surface area contributed by atoms with E-state index >= 15 is 0 Å². The van der Waals surface area contributed by atoms with Gasteiger partial charge in [0.15, 0.2) is 0 Å². The lowest BCUT2D eigenvalue weighted by Gasteiger charge is -2.14. The summed E-state index contributed by atoms with van der Waals surface area (Å²) in [4.78, 5) is 2.58. The van der Waals surface area contributed by atoms with Crippen molar-refractivity contribution >= 4 is 21.4 Å². The van der Waals surface area contributed by atoms with Gasteiger partial charge in [-0.15, -0.1) is 11.3 Å². The number of nitrogens with zero attached hydrogens (tertiary/aromatic N) is 1. The maximum Gasteiger partial charge on any atom is 0.0348 e. The van der Waals surface area contributed by atoms with Gasteiger partial charge in [0.1, 0.15) is 0 Å². The Morgan fingerprint density at radius 3 is 2.88 bits per heavy atom. The molecule has 2 aromatic rings. The van der Waals surface area contributed by atoms with E-state index < -0.39 is 0 Å². The zero-order valence-corrected chi connectivity index (χ0v) is 10.5. The van der Waals surface area contributed by atoms with E-state index in [1.807, 2.05) is 11.3 Å².